The molecule has 1 aromatic heterocycles. The first-order chi connectivity index (χ1) is 11.0. The molecule has 0 aliphatic carbocycles. The van der Waals surface area contributed by atoms with Gasteiger partial charge < -0.3 is 15.1 Å². The number of anilines is 3. The van der Waals surface area contributed by atoms with Gasteiger partial charge in [-0.3, -0.25) is 0 Å². The summed E-state index contributed by atoms with van der Waals surface area (Å²) in [6, 6.07) is 8.34. The molecule has 0 unspecified atom stereocenters. The van der Waals surface area contributed by atoms with Crippen molar-refractivity contribution in [1.82, 2.24) is 14.9 Å². The number of hydrogen-bond donors (Lipinski definition) is 1. The predicted molar refractivity (Wildman–Crippen MR) is 95.7 cm³/mol. The molecular weight excluding hydrogens is 286 g/mol. The van der Waals surface area contributed by atoms with Crippen molar-refractivity contribution in [3.63, 3.8) is 0 Å². The lowest BCUT2D eigenvalue weighted by Gasteiger charge is -2.33. The summed E-state index contributed by atoms with van der Waals surface area (Å²) in [6.07, 6.45) is 0. The lowest BCUT2D eigenvalue weighted by Crippen LogP contribution is -2.44. The zero-order valence-electron chi connectivity index (χ0n) is 14.4. The van der Waals surface area contributed by atoms with E-state index < -0.39 is 0 Å². The maximum Gasteiger partial charge on any atom is 0.136 e. The smallest absolute Gasteiger partial charge is 0.136 e. The van der Waals surface area contributed by atoms with Crippen LogP contribution in [0.15, 0.2) is 24.3 Å². The Hall–Kier alpha value is -2.14. The predicted octanol–water partition coefficient (Wildman–Crippen LogP) is 2.90. The number of likely N-dealkylation sites (N-methyl/N-ethyl adjacent to an activating group) is 1. The summed E-state index contributed by atoms with van der Waals surface area (Å²) in [6.45, 7) is 10.4. The number of benzene rings is 1. The van der Waals surface area contributed by atoms with Gasteiger partial charge in [-0.1, -0.05) is 12.1 Å². The topological polar surface area (TPSA) is 44.3 Å². The van der Waals surface area contributed by atoms with E-state index in [-0.39, 0.29) is 0 Å². The summed E-state index contributed by atoms with van der Waals surface area (Å²) < 4.78 is 0. The van der Waals surface area contributed by atoms with Crippen molar-refractivity contribution >= 4 is 17.3 Å². The molecule has 5 heteroatoms. The Morgan fingerprint density at radius 2 is 1.74 bits per heavy atom. The SMILES string of the molecule is Cc1nc(Nc2cccc(C)c2C)cc(N2CCN(C)CC2)n1. The van der Waals surface area contributed by atoms with E-state index in [0.717, 1.165) is 49.3 Å². The van der Waals surface area contributed by atoms with E-state index in [9.17, 15) is 0 Å². The molecule has 1 aliphatic rings. The summed E-state index contributed by atoms with van der Waals surface area (Å²) in [7, 11) is 2.16. The van der Waals surface area contributed by atoms with Crippen molar-refractivity contribution in [1.29, 1.82) is 0 Å². The Bertz CT molecular complexity index is 690. The van der Waals surface area contributed by atoms with Crippen molar-refractivity contribution in [2.75, 3.05) is 43.4 Å². The van der Waals surface area contributed by atoms with Crippen LogP contribution < -0.4 is 10.2 Å². The molecule has 0 saturated carbocycles. The van der Waals surface area contributed by atoms with Gasteiger partial charge in [-0.25, -0.2) is 9.97 Å². The molecule has 1 aliphatic heterocycles. The number of nitrogens with one attached hydrogen (secondary N) is 1. The molecule has 1 saturated heterocycles. The highest BCUT2D eigenvalue weighted by Gasteiger charge is 2.16. The summed E-state index contributed by atoms with van der Waals surface area (Å²) in [4.78, 5) is 13.9. The Labute approximate surface area is 138 Å². The minimum Gasteiger partial charge on any atom is -0.354 e. The average Bonchev–Trinajstić information content (AvgIpc) is 2.52. The fraction of sp³-hybridized carbons (Fsp3) is 0.444. The molecule has 0 spiro atoms. The summed E-state index contributed by atoms with van der Waals surface area (Å²) in [5.74, 6) is 2.67. The fourth-order valence-electron chi connectivity index (χ4n) is 2.84. The van der Waals surface area contributed by atoms with Crippen molar-refractivity contribution in [2.45, 2.75) is 20.8 Å². The third-order valence-corrected chi connectivity index (χ3v) is 4.52. The van der Waals surface area contributed by atoms with Crippen LogP contribution in [0.5, 0.6) is 0 Å². The monoisotopic (exact) mass is 311 g/mol. The third kappa shape index (κ3) is 3.62. The van der Waals surface area contributed by atoms with E-state index in [1.165, 1.54) is 11.1 Å². The standard InChI is InChI=1S/C18H25N5/c1-13-6-5-7-16(14(13)2)21-17-12-18(20-15(3)19-17)23-10-8-22(4)9-11-23/h5-7,12H,8-11H2,1-4H3,(H,19,20,21). The Morgan fingerprint density at radius 1 is 1.00 bits per heavy atom. The van der Waals surface area contributed by atoms with Crippen LogP contribution in [0.1, 0.15) is 17.0 Å². The highest BCUT2D eigenvalue weighted by atomic mass is 15.3. The van der Waals surface area contributed by atoms with Crippen LogP contribution in [-0.4, -0.2) is 48.1 Å². The van der Waals surface area contributed by atoms with Gasteiger partial charge in [-0.05, 0) is 45.0 Å². The zero-order valence-corrected chi connectivity index (χ0v) is 14.4. The second-order valence-electron chi connectivity index (χ2n) is 6.32. The normalized spacial score (nSPS) is 15.7. The molecular formula is C18H25N5. The second kappa shape index (κ2) is 6.54. The number of hydrogen-bond acceptors (Lipinski definition) is 5. The van der Waals surface area contributed by atoms with Crippen LogP contribution in [0.2, 0.25) is 0 Å². The van der Waals surface area contributed by atoms with Gasteiger partial charge in [-0.2, -0.15) is 0 Å². The van der Waals surface area contributed by atoms with E-state index in [1.807, 2.05) is 6.92 Å². The van der Waals surface area contributed by atoms with Gasteiger partial charge in [0.15, 0.2) is 0 Å². The van der Waals surface area contributed by atoms with Gasteiger partial charge in [0.25, 0.3) is 0 Å². The number of piperazine rings is 1. The molecule has 0 atom stereocenters. The van der Waals surface area contributed by atoms with Gasteiger partial charge >= 0.3 is 0 Å². The van der Waals surface area contributed by atoms with Crippen molar-refractivity contribution in [3.8, 4) is 0 Å². The van der Waals surface area contributed by atoms with Crippen LogP contribution in [0, 0.1) is 20.8 Å². The molecule has 5 nitrogen and oxygen atoms in total. The minimum absolute atomic E-state index is 0.800. The summed E-state index contributed by atoms with van der Waals surface area (Å²) in [5.41, 5.74) is 3.64. The van der Waals surface area contributed by atoms with E-state index >= 15 is 0 Å². The number of rotatable bonds is 3. The van der Waals surface area contributed by atoms with Crippen LogP contribution in [0.4, 0.5) is 17.3 Å². The van der Waals surface area contributed by atoms with Crippen molar-refractivity contribution < 1.29 is 0 Å². The van der Waals surface area contributed by atoms with Crippen LogP contribution in [-0.2, 0) is 0 Å². The molecule has 1 N–H and O–H groups in total. The van der Waals surface area contributed by atoms with Crippen molar-refractivity contribution in [2.24, 2.45) is 0 Å². The molecule has 122 valence electrons. The minimum atomic E-state index is 0.800. The fourth-order valence-corrected chi connectivity index (χ4v) is 2.84. The first-order valence-electron chi connectivity index (χ1n) is 8.15. The molecule has 3 rings (SSSR count). The molecule has 0 amide bonds. The Balaban J connectivity index is 1.84. The van der Waals surface area contributed by atoms with Gasteiger partial charge in [-0.15, -0.1) is 0 Å². The number of aromatic nitrogens is 2. The van der Waals surface area contributed by atoms with E-state index in [2.05, 4.69) is 70.2 Å². The van der Waals surface area contributed by atoms with Gasteiger partial charge in [0.2, 0.25) is 0 Å². The molecule has 2 heterocycles. The van der Waals surface area contributed by atoms with E-state index in [0.29, 0.717) is 0 Å². The number of aryl methyl sites for hydroxylation is 2. The van der Waals surface area contributed by atoms with Gasteiger partial charge in [0.1, 0.15) is 17.5 Å². The lowest BCUT2D eigenvalue weighted by molar-refractivity contribution is 0.312. The summed E-state index contributed by atoms with van der Waals surface area (Å²) in [5, 5.41) is 3.45. The highest BCUT2D eigenvalue weighted by Crippen LogP contribution is 2.24. The van der Waals surface area contributed by atoms with E-state index in [1.54, 1.807) is 0 Å². The second-order valence-corrected chi connectivity index (χ2v) is 6.32. The molecule has 23 heavy (non-hydrogen) atoms. The van der Waals surface area contributed by atoms with Gasteiger partial charge in [0, 0.05) is 37.9 Å². The number of nitrogens with zero attached hydrogens (tertiary/aromatic N) is 4. The molecule has 1 aromatic carbocycles. The van der Waals surface area contributed by atoms with E-state index in [4.69, 9.17) is 0 Å². The van der Waals surface area contributed by atoms with Crippen LogP contribution in [0.25, 0.3) is 0 Å². The Morgan fingerprint density at radius 3 is 2.48 bits per heavy atom. The van der Waals surface area contributed by atoms with Crippen molar-refractivity contribution in [3.05, 3.63) is 41.2 Å². The quantitative estimate of drug-likeness (QED) is 0.944. The first-order valence-corrected chi connectivity index (χ1v) is 8.15. The maximum atomic E-state index is 4.62. The zero-order chi connectivity index (χ0) is 16.4. The third-order valence-electron chi connectivity index (χ3n) is 4.52. The Kier molecular flexibility index (Phi) is 4.48. The first kappa shape index (κ1) is 15.7. The molecule has 0 bridgehead atoms. The van der Waals surface area contributed by atoms with Gasteiger partial charge in [0.05, 0.1) is 0 Å². The maximum absolute atomic E-state index is 4.62. The largest absolute Gasteiger partial charge is 0.354 e. The average molecular weight is 311 g/mol. The highest BCUT2D eigenvalue weighted by molar-refractivity contribution is 5.64. The van der Waals surface area contributed by atoms with Crippen LogP contribution in [0.3, 0.4) is 0 Å². The lowest BCUT2D eigenvalue weighted by atomic mass is 10.1. The molecule has 1 fully saturated rings. The summed E-state index contributed by atoms with van der Waals surface area (Å²) >= 11 is 0. The molecule has 0 radical (unpaired) electrons. The van der Waals surface area contributed by atoms with Crippen LogP contribution >= 0.6 is 0 Å². The molecule has 2 aromatic rings.